The van der Waals surface area contributed by atoms with Gasteiger partial charge in [0.15, 0.2) is 0 Å². The van der Waals surface area contributed by atoms with Crippen LogP contribution in [0.2, 0.25) is 0 Å². The highest BCUT2D eigenvalue weighted by Crippen LogP contribution is 2.39. The molecule has 1 N–H and O–H groups in total. The van der Waals surface area contributed by atoms with Gasteiger partial charge in [0.05, 0.1) is 26.7 Å². The summed E-state index contributed by atoms with van der Waals surface area (Å²) in [5, 5.41) is 2.91. The summed E-state index contributed by atoms with van der Waals surface area (Å²) in [5.41, 5.74) is 0.878. The van der Waals surface area contributed by atoms with Crippen molar-refractivity contribution >= 4 is 11.8 Å². The van der Waals surface area contributed by atoms with Gasteiger partial charge in [-0.15, -0.1) is 0 Å². The van der Waals surface area contributed by atoms with Crippen molar-refractivity contribution < 1.29 is 23.8 Å². The number of amides is 2. The number of hydrogen-bond donors (Lipinski definition) is 1. The van der Waals surface area contributed by atoms with E-state index >= 15 is 0 Å². The highest BCUT2D eigenvalue weighted by molar-refractivity contribution is 5.84. The maximum Gasteiger partial charge on any atom is 0.225 e. The van der Waals surface area contributed by atoms with Crippen LogP contribution in [0.15, 0.2) is 18.2 Å². The topological polar surface area (TPSA) is 77.1 Å². The van der Waals surface area contributed by atoms with Gasteiger partial charge in [0, 0.05) is 44.1 Å². The van der Waals surface area contributed by atoms with Gasteiger partial charge in [-0.25, -0.2) is 0 Å². The van der Waals surface area contributed by atoms with Crippen LogP contribution in [-0.4, -0.2) is 64.3 Å². The molecule has 7 nitrogen and oxygen atoms in total. The van der Waals surface area contributed by atoms with Crippen molar-refractivity contribution in [2.75, 3.05) is 47.6 Å². The Hall–Kier alpha value is -2.28. The number of methoxy groups -OCH3 is 3. The highest BCUT2D eigenvalue weighted by Gasteiger charge is 2.42. The summed E-state index contributed by atoms with van der Waals surface area (Å²) in [5.74, 6) is 0.710. The van der Waals surface area contributed by atoms with Crippen molar-refractivity contribution in [2.45, 2.75) is 19.8 Å². The molecule has 1 aromatic carbocycles. The number of likely N-dealkylation sites (tertiary alicyclic amines) is 1. The molecule has 0 spiro atoms. The van der Waals surface area contributed by atoms with Crippen LogP contribution >= 0.6 is 0 Å². The molecule has 150 valence electrons. The van der Waals surface area contributed by atoms with Gasteiger partial charge < -0.3 is 24.4 Å². The fourth-order valence-electron chi connectivity index (χ4n) is 3.47. The zero-order chi connectivity index (χ0) is 20.0. The van der Waals surface area contributed by atoms with Gasteiger partial charge in [0.2, 0.25) is 11.8 Å². The fourth-order valence-corrected chi connectivity index (χ4v) is 3.47. The van der Waals surface area contributed by atoms with Crippen molar-refractivity contribution in [2.24, 2.45) is 11.8 Å². The normalized spacial score (nSPS) is 19.3. The molecule has 7 heteroatoms. The molecule has 2 atom stereocenters. The average molecular weight is 378 g/mol. The first kappa shape index (κ1) is 21.0. The summed E-state index contributed by atoms with van der Waals surface area (Å²) in [6, 6.07) is 5.55. The minimum absolute atomic E-state index is 0.0501. The molecule has 1 aliphatic heterocycles. The van der Waals surface area contributed by atoms with E-state index in [0.717, 1.165) is 5.56 Å². The summed E-state index contributed by atoms with van der Waals surface area (Å²) in [7, 11) is 4.80. The molecule has 0 aromatic heterocycles. The number of carbonyl (C=O) groups is 2. The molecular formula is C20H30N2O5. The molecule has 2 amide bonds. The second-order valence-electron chi connectivity index (χ2n) is 7.00. The van der Waals surface area contributed by atoms with Crippen molar-refractivity contribution in [1.29, 1.82) is 0 Å². The second kappa shape index (κ2) is 9.60. The van der Waals surface area contributed by atoms with Crippen LogP contribution in [0.1, 0.15) is 25.3 Å². The van der Waals surface area contributed by atoms with Gasteiger partial charge in [-0.2, -0.15) is 0 Å². The highest BCUT2D eigenvalue weighted by atomic mass is 16.5. The van der Waals surface area contributed by atoms with Crippen LogP contribution in [0, 0.1) is 11.8 Å². The second-order valence-corrected chi connectivity index (χ2v) is 7.00. The van der Waals surface area contributed by atoms with E-state index in [9.17, 15) is 9.59 Å². The Morgan fingerprint density at radius 3 is 2.52 bits per heavy atom. The predicted molar refractivity (Wildman–Crippen MR) is 102 cm³/mol. The van der Waals surface area contributed by atoms with E-state index < -0.39 is 0 Å². The lowest BCUT2D eigenvalue weighted by atomic mass is 9.87. The minimum Gasteiger partial charge on any atom is -0.497 e. The molecule has 1 aliphatic rings. The number of carbonyl (C=O) groups excluding carboxylic acids is 2. The van der Waals surface area contributed by atoms with E-state index in [0.29, 0.717) is 37.7 Å². The number of hydrogen-bond acceptors (Lipinski definition) is 5. The quantitative estimate of drug-likeness (QED) is 0.696. The van der Waals surface area contributed by atoms with Gasteiger partial charge in [0.25, 0.3) is 0 Å². The summed E-state index contributed by atoms with van der Waals surface area (Å²) in [6.07, 6.45) is 0. The number of nitrogens with one attached hydrogen (secondary N) is 1. The van der Waals surface area contributed by atoms with Crippen molar-refractivity contribution in [1.82, 2.24) is 10.2 Å². The Balaban J connectivity index is 2.34. The van der Waals surface area contributed by atoms with Gasteiger partial charge in [-0.1, -0.05) is 13.8 Å². The molecule has 0 saturated carbocycles. The third kappa shape index (κ3) is 4.91. The SMILES string of the molecule is COCCNC(=O)[C@H]1CN(C(=O)C(C)C)C[C@H]1c1cc(OC)ccc1OC. The lowest BCUT2D eigenvalue weighted by Crippen LogP contribution is -2.37. The van der Waals surface area contributed by atoms with Crippen molar-refractivity contribution in [3.05, 3.63) is 23.8 Å². The Labute approximate surface area is 161 Å². The van der Waals surface area contributed by atoms with Gasteiger partial charge >= 0.3 is 0 Å². The fraction of sp³-hybridized carbons (Fsp3) is 0.600. The number of benzene rings is 1. The first-order valence-electron chi connectivity index (χ1n) is 9.20. The Morgan fingerprint density at radius 1 is 1.19 bits per heavy atom. The molecule has 0 unspecified atom stereocenters. The van der Waals surface area contributed by atoms with Gasteiger partial charge in [-0.3, -0.25) is 9.59 Å². The van der Waals surface area contributed by atoms with Crippen molar-refractivity contribution in [3.8, 4) is 11.5 Å². The zero-order valence-electron chi connectivity index (χ0n) is 16.8. The molecule has 0 aliphatic carbocycles. The smallest absolute Gasteiger partial charge is 0.225 e. The third-order valence-electron chi connectivity index (χ3n) is 4.90. The van der Waals surface area contributed by atoms with Gasteiger partial charge in [-0.05, 0) is 18.2 Å². The molecule has 0 radical (unpaired) electrons. The largest absolute Gasteiger partial charge is 0.497 e. The summed E-state index contributed by atoms with van der Waals surface area (Å²) < 4.78 is 15.9. The summed E-state index contributed by atoms with van der Waals surface area (Å²) in [4.78, 5) is 27.1. The summed E-state index contributed by atoms with van der Waals surface area (Å²) >= 11 is 0. The number of nitrogens with zero attached hydrogens (tertiary/aromatic N) is 1. The van der Waals surface area contributed by atoms with E-state index in [-0.39, 0.29) is 29.6 Å². The molecule has 1 saturated heterocycles. The maximum absolute atomic E-state index is 12.8. The van der Waals surface area contributed by atoms with Crippen molar-refractivity contribution in [3.63, 3.8) is 0 Å². The van der Waals surface area contributed by atoms with Crippen LogP contribution in [0.4, 0.5) is 0 Å². The Kier molecular flexibility index (Phi) is 7.47. The molecular weight excluding hydrogens is 348 g/mol. The van der Waals surface area contributed by atoms with Crippen LogP contribution in [0.5, 0.6) is 11.5 Å². The maximum atomic E-state index is 12.8. The third-order valence-corrected chi connectivity index (χ3v) is 4.90. The molecule has 27 heavy (non-hydrogen) atoms. The lowest BCUT2D eigenvalue weighted by molar-refractivity contribution is -0.133. The van der Waals surface area contributed by atoms with Crippen LogP contribution < -0.4 is 14.8 Å². The number of ether oxygens (including phenoxy) is 3. The minimum atomic E-state index is -0.356. The monoisotopic (exact) mass is 378 g/mol. The Morgan fingerprint density at radius 2 is 1.93 bits per heavy atom. The molecule has 2 rings (SSSR count). The zero-order valence-corrected chi connectivity index (χ0v) is 16.8. The van der Waals surface area contributed by atoms with E-state index in [4.69, 9.17) is 14.2 Å². The Bertz CT molecular complexity index is 662. The number of rotatable bonds is 8. The molecule has 0 bridgehead atoms. The predicted octanol–water partition coefficient (Wildman–Crippen LogP) is 1.66. The van der Waals surface area contributed by atoms with Crippen LogP contribution in [0.3, 0.4) is 0 Å². The van der Waals surface area contributed by atoms with E-state index in [2.05, 4.69) is 5.32 Å². The molecule has 1 fully saturated rings. The van der Waals surface area contributed by atoms with Gasteiger partial charge in [0.1, 0.15) is 11.5 Å². The molecule has 1 heterocycles. The standard InChI is InChI=1S/C20H30N2O5/c1-13(2)20(24)22-11-16(17(12-22)19(23)21-8-9-25-3)15-10-14(26-4)6-7-18(15)27-5/h6-7,10,13,16-17H,8-9,11-12H2,1-5H3,(H,21,23)/t16-,17-/m0/s1. The van der Waals surface area contributed by atoms with Crippen LogP contribution in [0.25, 0.3) is 0 Å². The van der Waals surface area contributed by atoms with E-state index in [1.165, 1.54) is 0 Å². The first-order valence-corrected chi connectivity index (χ1v) is 9.20. The average Bonchev–Trinajstić information content (AvgIpc) is 3.12. The van der Waals surface area contributed by atoms with Crippen LogP contribution in [-0.2, 0) is 14.3 Å². The molecule has 1 aromatic rings. The first-order chi connectivity index (χ1) is 12.9. The van der Waals surface area contributed by atoms with E-state index in [1.807, 2.05) is 32.0 Å². The summed E-state index contributed by atoms with van der Waals surface area (Å²) in [6.45, 7) is 5.49. The van der Waals surface area contributed by atoms with E-state index in [1.54, 1.807) is 26.2 Å². The lowest BCUT2D eigenvalue weighted by Gasteiger charge is -2.21.